The van der Waals surface area contributed by atoms with E-state index in [1.807, 2.05) is 28.0 Å². The first-order valence-electron chi connectivity index (χ1n) is 9.75. The van der Waals surface area contributed by atoms with E-state index in [4.69, 9.17) is 21.1 Å². The number of hydrogen-bond acceptors (Lipinski definition) is 5. The molecule has 2 aliphatic rings. The van der Waals surface area contributed by atoms with Gasteiger partial charge in [0.05, 0.1) is 31.9 Å². The lowest BCUT2D eigenvalue weighted by Gasteiger charge is -2.36. The number of hydrogen-bond donors (Lipinski definition) is 0. The largest absolute Gasteiger partial charge is 0.495 e. The smallest absolute Gasteiger partial charge is 0.236 e. The van der Waals surface area contributed by atoms with Crippen molar-refractivity contribution >= 4 is 23.4 Å². The van der Waals surface area contributed by atoms with E-state index in [1.54, 1.807) is 7.11 Å². The van der Waals surface area contributed by atoms with Crippen LogP contribution in [0.15, 0.2) is 18.2 Å². The summed E-state index contributed by atoms with van der Waals surface area (Å²) in [5.74, 6) is 0.892. The third kappa shape index (κ3) is 5.59. The molecule has 2 fully saturated rings. The minimum absolute atomic E-state index is 0.118. The molecule has 0 radical (unpaired) electrons. The van der Waals surface area contributed by atoms with Gasteiger partial charge in [-0.2, -0.15) is 0 Å². The van der Waals surface area contributed by atoms with Crippen LogP contribution in [0.4, 0.5) is 0 Å². The monoisotopic (exact) mass is 409 g/mol. The Kier molecular flexibility index (Phi) is 7.53. The highest BCUT2D eigenvalue weighted by molar-refractivity contribution is 6.32. The van der Waals surface area contributed by atoms with Gasteiger partial charge in [0.25, 0.3) is 0 Å². The Labute approximate surface area is 171 Å². The van der Waals surface area contributed by atoms with Crippen LogP contribution in [-0.2, 0) is 20.7 Å². The number of halogens is 1. The molecule has 1 aromatic rings. The fourth-order valence-electron chi connectivity index (χ4n) is 3.53. The fourth-order valence-corrected chi connectivity index (χ4v) is 3.81. The maximum atomic E-state index is 12.5. The lowest BCUT2D eigenvalue weighted by atomic mass is 10.1. The maximum absolute atomic E-state index is 12.5. The van der Waals surface area contributed by atoms with Crippen LogP contribution in [0.5, 0.6) is 5.75 Å². The number of rotatable bonds is 6. The van der Waals surface area contributed by atoms with Gasteiger partial charge in [-0.3, -0.25) is 14.5 Å². The van der Waals surface area contributed by atoms with E-state index in [1.165, 1.54) is 0 Å². The topological polar surface area (TPSA) is 62.3 Å². The molecule has 2 amide bonds. The molecule has 0 saturated carbocycles. The molecule has 3 rings (SSSR count). The molecule has 0 atom stereocenters. The third-order valence-corrected chi connectivity index (χ3v) is 5.59. The van der Waals surface area contributed by atoms with E-state index in [0.717, 1.165) is 18.7 Å². The van der Waals surface area contributed by atoms with Crippen molar-refractivity contribution in [2.75, 3.05) is 66.1 Å². The summed E-state index contributed by atoms with van der Waals surface area (Å²) in [6.45, 7) is 5.82. The summed E-state index contributed by atoms with van der Waals surface area (Å²) >= 11 is 6.14. The summed E-state index contributed by atoms with van der Waals surface area (Å²) in [7, 11) is 1.58. The van der Waals surface area contributed by atoms with Crippen molar-refractivity contribution in [2.24, 2.45) is 0 Å². The molecule has 2 saturated heterocycles. The van der Waals surface area contributed by atoms with Crippen LogP contribution in [0.1, 0.15) is 12.0 Å². The van der Waals surface area contributed by atoms with Crippen LogP contribution in [0.3, 0.4) is 0 Å². The van der Waals surface area contributed by atoms with Crippen LogP contribution < -0.4 is 4.74 Å². The number of carbonyl (C=O) groups is 2. The van der Waals surface area contributed by atoms with Gasteiger partial charge in [0, 0.05) is 45.7 Å². The Bertz CT molecular complexity index is 686. The minimum atomic E-state index is 0.118. The van der Waals surface area contributed by atoms with Crippen molar-refractivity contribution in [1.29, 1.82) is 0 Å². The van der Waals surface area contributed by atoms with E-state index in [-0.39, 0.29) is 11.8 Å². The van der Waals surface area contributed by atoms with E-state index in [9.17, 15) is 9.59 Å². The zero-order valence-electron chi connectivity index (χ0n) is 16.4. The number of nitrogens with zero attached hydrogens (tertiary/aromatic N) is 3. The molecule has 2 aliphatic heterocycles. The van der Waals surface area contributed by atoms with E-state index >= 15 is 0 Å². The molecule has 8 heteroatoms. The molecule has 0 unspecified atom stereocenters. The van der Waals surface area contributed by atoms with Gasteiger partial charge in [0.15, 0.2) is 0 Å². The highest BCUT2D eigenvalue weighted by Crippen LogP contribution is 2.25. The summed E-state index contributed by atoms with van der Waals surface area (Å²) < 4.78 is 10.5. The van der Waals surface area contributed by atoms with Crippen molar-refractivity contribution in [1.82, 2.24) is 14.7 Å². The minimum Gasteiger partial charge on any atom is -0.495 e. The first-order valence-corrected chi connectivity index (χ1v) is 10.1. The molecule has 0 spiro atoms. The Balaban J connectivity index is 1.40. The van der Waals surface area contributed by atoms with Crippen LogP contribution in [0.25, 0.3) is 0 Å². The van der Waals surface area contributed by atoms with Gasteiger partial charge >= 0.3 is 0 Å². The number of morpholine rings is 1. The predicted molar refractivity (Wildman–Crippen MR) is 107 cm³/mol. The van der Waals surface area contributed by atoms with E-state index < -0.39 is 0 Å². The predicted octanol–water partition coefficient (Wildman–Crippen LogP) is 1.28. The molecule has 0 N–H and O–H groups in total. The first-order chi connectivity index (χ1) is 13.6. The molecule has 28 heavy (non-hydrogen) atoms. The van der Waals surface area contributed by atoms with Crippen molar-refractivity contribution in [3.05, 3.63) is 28.8 Å². The number of piperazine rings is 1. The second-order valence-corrected chi connectivity index (χ2v) is 7.53. The molecule has 0 aromatic heterocycles. The zero-order valence-corrected chi connectivity index (χ0v) is 17.1. The highest BCUT2D eigenvalue weighted by atomic mass is 35.5. The average molecular weight is 410 g/mol. The van der Waals surface area contributed by atoms with Gasteiger partial charge in [0.1, 0.15) is 5.75 Å². The number of ether oxygens (including phenoxy) is 2. The van der Waals surface area contributed by atoms with Crippen molar-refractivity contribution in [3.63, 3.8) is 0 Å². The van der Waals surface area contributed by atoms with E-state index in [2.05, 4.69) is 4.90 Å². The van der Waals surface area contributed by atoms with Crippen molar-refractivity contribution < 1.29 is 19.1 Å². The van der Waals surface area contributed by atoms with E-state index in [0.29, 0.717) is 69.6 Å². The first kappa shape index (κ1) is 20.9. The van der Waals surface area contributed by atoms with Crippen LogP contribution in [0.2, 0.25) is 5.02 Å². The van der Waals surface area contributed by atoms with Gasteiger partial charge in [-0.1, -0.05) is 17.7 Å². The average Bonchev–Trinajstić information content (AvgIpc) is 2.73. The van der Waals surface area contributed by atoms with Crippen molar-refractivity contribution in [2.45, 2.75) is 12.8 Å². The fraction of sp³-hybridized carbons (Fsp3) is 0.600. The third-order valence-electron chi connectivity index (χ3n) is 5.29. The molecule has 2 heterocycles. The second kappa shape index (κ2) is 10.1. The summed E-state index contributed by atoms with van der Waals surface area (Å²) in [6, 6.07) is 5.59. The zero-order chi connectivity index (χ0) is 19.9. The lowest BCUT2D eigenvalue weighted by molar-refractivity contribution is -0.140. The lowest BCUT2D eigenvalue weighted by Crippen LogP contribution is -2.53. The maximum Gasteiger partial charge on any atom is 0.236 e. The summed E-state index contributed by atoms with van der Waals surface area (Å²) in [4.78, 5) is 30.8. The second-order valence-electron chi connectivity index (χ2n) is 7.12. The van der Waals surface area contributed by atoms with Crippen LogP contribution >= 0.6 is 11.6 Å². The number of methoxy groups -OCH3 is 1. The van der Waals surface area contributed by atoms with Gasteiger partial charge < -0.3 is 19.3 Å². The molecule has 0 aliphatic carbocycles. The molecular formula is C20H28ClN3O4. The molecule has 7 nitrogen and oxygen atoms in total. The normalized spacial score (nSPS) is 18.2. The van der Waals surface area contributed by atoms with Gasteiger partial charge in [-0.15, -0.1) is 0 Å². The number of aryl methyl sites for hydroxylation is 1. The Morgan fingerprint density at radius 1 is 1.04 bits per heavy atom. The van der Waals surface area contributed by atoms with Gasteiger partial charge in [0.2, 0.25) is 11.8 Å². The van der Waals surface area contributed by atoms with Crippen molar-refractivity contribution in [3.8, 4) is 5.75 Å². The summed E-state index contributed by atoms with van der Waals surface area (Å²) in [5.41, 5.74) is 1.01. The Hall–Kier alpha value is -1.83. The Morgan fingerprint density at radius 3 is 2.29 bits per heavy atom. The molecular weight excluding hydrogens is 382 g/mol. The number of amides is 2. The van der Waals surface area contributed by atoms with Crippen LogP contribution in [0, 0.1) is 0 Å². The summed E-state index contributed by atoms with van der Waals surface area (Å²) in [6.07, 6.45) is 1.07. The van der Waals surface area contributed by atoms with Gasteiger partial charge in [-0.25, -0.2) is 0 Å². The molecule has 154 valence electrons. The summed E-state index contributed by atoms with van der Waals surface area (Å²) in [5, 5.41) is 0.555. The SMILES string of the molecule is COc1ccc(CCC(=O)N2CCN(C(=O)CN3CCOCC3)CC2)cc1Cl. The number of benzene rings is 1. The van der Waals surface area contributed by atoms with Gasteiger partial charge in [-0.05, 0) is 24.1 Å². The standard InChI is InChI=1S/C20H28ClN3O4/c1-27-18-4-2-16(14-17(18)21)3-5-19(25)23-6-8-24(9-7-23)20(26)15-22-10-12-28-13-11-22/h2,4,14H,3,5-13,15H2,1H3. The molecule has 0 bridgehead atoms. The quantitative estimate of drug-likeness (QED) is 0.708. The van der Waals surface area contributed by atoms with Crippen LogP contribution in [-0.4, -0.2) is 92.7 Å². The molecule has 1 aromatic carbocycles. The Morgan fingerprint density at radius 2 is 1.68 bits per heavy atom. The highest BCUT2D eigenvalue weighted by Gasteiger charge is 2.25. The number of carbonyl (C=O) groups excluding carboxylic acids is 2.